The van der Waals surface area contributed by atoms with Crippen molar-refractivity contribution < 1.29 is 18.7 Å². The normalized spacial score (nSPS) is 12.9. The second-order valence-corrected chi connectivity index (χ2v) is 7.37. The summed E-state index contributed by atoms with van der Waals surface area (Å²) in [6.45, 7) is 1.25. The highest BCUT2D eigenvalue weighted by atomic mass is 19.1. The lowest BCUT2D eigenvalue weighted by atomic mass is 10.0. The summed E-state index contributed by atoms with van der Waals surface area (Å²) in [5, 5.41) is 10.0. The standard InChI is InChI=1S/C23H23FN4O3/c1-31-18-8-2-15(3-9-18)10-12-25-22(29)21-19-14-28(13-11-20(19)26-27-21)23(30)16-4-6-17(24)7-5-16/h2-9H,10-14H2,1H3,(H,25,29)(H,26,27). The highest BCUT2D eigenvalue weighted by molar-refractivity contribution is 5.96. The molecule has 2 heterocycles. The Kier molecular flexibility index (Phi) is 5.97. The summed E-state index contributed by atoms with van der Waals surface area (Å²) in [4.78, 5) is 27.1. The molecule has 0 atom stereocenters. The van der Waals surface area contributed by atoms with Crippen LogP contribution in [0.15, 0.2) is 48.5 Å². The molecule has 2 aromatic carbocycles. The Morgan fingerprint density at radius 1 is 1.16 bits per heavy atom. The van der Waals surface area contributed by atoms with Gasteiger partial charge in [-0.1, -0.05) is 12.1 Å². The molecule has 0 saturated heterocycles. The van der Waals surface area contributed by atoms with E-state index in [1.807, 2.05) is 24.3 Å². The van der Waals surface area contributed by atoms with Crippen molar-refractivity contribution >= 4 is 11.8 Å². The maximum atomic E-state index is 13.1. The molecule has 8 heteroatoms. The molecule has 0 fully saturated rings. The molecule has 1 aromatic heterocycles. The van der Waals surface area contributed by atoms with Gasteiger partial charge in [0.25, 0.3) is 11.8 Å². The topological polar surface area (TPSA) is 87.3 Å². The van der Waals surface area contributed by atoms with Crippen LogP contribution >= 0.6 is 0 Å². The second kappa shape index (κ2) is 8.99. The fourth-order valence-corrected chi connectivity index (χ4v) is 3.63. The van der Waals surface area contributed by atoms with Gasteiger partial charge in [-0.15, -0.1) is 0 Å². The number of carbonyl (C=O) groups excluding carboxylic acids is 2. The van der Waals surface area contributed by atoms with Gasteiger partial charge in [0.15, 0.2) is 5.69 Å². The van der Waals surface area contributed by atoms with E-state index in [1.54, 1.807) is 12.0 Å². The van der Waals surface area contributed by atoms with Crippen molar-refractivity contribution in [3.05, 3.63) is 82.4 Å². The molecule has 0 saturated carbocycles. The zero-order valence-corrected chi connectivity index (χ0v) is 17.2. The first-order valence-electron chi connectivity index (χ1n) is 10.1. The van der Waals surface area contributed by atoms with Crippen molar-refractivity contribution in [2.24, 2.45) is 0 Å². The number of amides is 2. The summed E-state index contributed by atoms with van der Waals surface area (Å²) < 4.78 is 18.3. The number of nitrogens with zero attached hydrogens (tertiary/aromatic N) is 2. The number of hydrogen-bond donors (Lipinski definition) is 2. The van der Waals surface area contributed by atoms with E-state index in [0.717, 1.165) is 22.6 Å². The van der Waals surface area contributed by atoms with Crippen LogP contribution in [0.3, 0.4) is 0 Å². The smallest absolute Gasteiger partial charge is 0.272 e. The Bertz CT molecular complexity index is 1080. The molecule has 160 valence electrons. The Balaban J connectivity index is 1.38. The molecule has 0 spiro atoms. The van der Waals surface area contributed by atoms with Gasteiger partial charge in [-0.2, -0.15) is 5.10 Å². The van der Waals surface area contributed by atoms with Crippen molar-refractivity contribution in [2.45, 2.75) is 19.4 Å². The number of aromatic amines is 1. The maximum absolute atomic E-state index is 13.1. The molecular weight excluding hydrogens is 399 g/mol. The Morgan fingerprint density at radius 2 is 1.90 bits per heavy atom. The minimum Gasteiger partial charge on any atom is -0.497 e. The van der Waals surface area contributed by atoms with E-state index in [-0.39, 0.29) is 24.2 Å². The van der Waals surface area contributed by atoms with E-state index in [2.05, 4.69) is 15.5 Å². The van der Waals surface area contributed by atoms with Crippen molar-refractivity contribution in [2.75, 3.05) is 20.2 Å². The van der Waals surface area contributed by atoms with Crippen molar-refractivity contribution in [1.29, 1.82) is 0 Å². The van der Waals surface area contributed by atoms with Crippen molar-refractivity contribution in [1.82, 2.24) is 20.4 Å². The predicted molar refractivity (Wildman–Crippen MR) is 112 cm³/mol. The number of halogens is 1. The zero-order valence-electron chi connectivity index (χ0n) is 17.2. The van der Waals surface area contributed by atoms with E-state index >= 15 is 0 Å². The minimum absolute atomic E-state index is 0.197. The van der Waals surface area contributed by atoms with Gasteiger partial charge in [0.05, 0.1) is 13.7 Å². The molecule has 3 aromatic rings. The third-order valence-electron chi connectivity index (χ3n) is 5.39. The highest BCUT2D eigenvalue weighted by Gasteiger charge is 2.28. The number of nitrogens with one attached hydrogen (secondary N) is 2. The molecule has 4 rings (SSSR count). The third kappa shape index (κ3) is 4.58. The molecule has 31 heavy (non-hydrogen) atoms. The summed E-state index contributed by atoms with van der Waals surface area (Å²) in [7, 11) is 1.62. The average molecular weight is 422 g/mol. The molecule has 7 nitrogen and oxygen atoms in total. The number of hydrogen-bond acceptors (Lipinski definition) is 4. The molecule has 1 aliphatic heterocycles. The van der Waals surface area contributed by atoms with Gasteiger partial charge in [-0.3, -0.25) is 14.7 Å². The lowest BCUT2D eigenvalue weighted by molar-refractivity contribution is 0.0731. The van der Waals surface area contributed by atoms with Crippen LogP contribution in [0.5, 0.6) is 5.75 Å². The number of methoxy groups -OCH3 is 1. The Morgan fingerprint density at radius 3 is 2.61 bits per heavy atom. The van der Waals surface area contributed by atoms with Crippen LogP contribution in [0, 0.1) is 5.82 Å². The van der Waals surface area contributed by atoms with E-state index in [0.29, 0.717) is 37.2 Å². The molecular formula is C23H23FN4O3. The first kappa shape index (κ1) is 20.6. The average Bonchev–Trinajstić information content (AvgIpc) is 3.23. The minimum atomic E-state index is -0.388. The highest BCUT2D eigenvalue weighted by Crippen LogP contribution is 2.22. The summed E-state index contributed by atoms with van der Waals surface area (Å²) >= 11 is 0. The number of benzene rings is 2. The van der Waals surface area contributed by atoms with Gasteiger partial charge in [-0.25, -0.2) is 4.39 Å². The van der Waals surface area contributed by atoms with Gasteiger partial charge in [0.1, 0.15) is 11.6 Å². The van der Waals surface area contributed by atoms with Gasteiger partial charge >= 0.3 is 0 Å². The summed E-state index contributed by atoms with van der Waals surface area (Å²) in [5.41, 5.74) is 3.40. The van der Waals surface area contributed by atoms with Gasteiger partial charge in [0, 0.05) is 36.3 Å². The van der Waals surface area contributed by atoms with Gasteiger partial charge in [-0.05, 0) is 48.4 Å². The zero-order chi connectivity index (χ0) is 21.8. The van der Waals surface area contributed by atoms with E-state index in [9.17, 15) is 14.0 Å². The Labute approximate surface area is 179 Å². The van der Waals surface area contributed by atoms with Crippen LogP contribution in [0.4, 0.5) is 4.39 Å². The monoisotopic (exact) mass is 422 g/mol. The van der Waals surface area contributed by atoms with E-state index in [4.69, 9.17) is 4.74 Å². The second-order valence-electron chi connectivity index (χ2n) is 7.37. The molecule has 1 aliphatic rings. The SMILES string of the molecule is COc1ccc(CCNC(=O)c2n[nH]c3c2CN(C(=O)c2ccc(F)cc2)CC3)cc1. The number of ether oxygens (including phenoxy) is 1. The summed E-state index contributed by atoms with van der Waals surface area (Å²) in [5.74, 6) is -0.0728. The van der Waals surface area contributed by atoms with Gasteiger partial charge in [0.2, 0.25) is 0 Å². The van der Waals surface area contributed by atoms with Crippen LogP contribution in [-0.4, -0.2) is 47.1 Å². The summed E-state index contributed by atoms with van der Waals surface area (Å²) in [6, 6.07) is 13.2. The maximum Gasteiger partial charge on any atom is 0.272 e. The lowest BCUT2D eigenvalue weighted by Gasteiger charge is -2.27. The number of H-pyrrole nitrogens is 1. The Hall–Kier alpha value is -3.68. The van der Waals surface area contributed by atoms with Crippen LogP contribution in [-0.2, 0) is 19.4 Å². The molecule has 2 amide bonds. The molecule has 0 radical (unpaired) electrons. The molecule has 0 bridgehead atoms. The number of carbonyl (C=O) groups is 2. The number of aromatic nitrogens is 2. The van der Waals surface area contributed by atoms with Crippen LogP contribution in [0.2, 0.25) is 0 Å². The van der Waals surface area contributed by atoms with E-state index in [1.165, 1.54) is 24.3 Å². The van der Waals surface area contributed by atoms with E-state index < -0.39 is 0 Å². The number of fused-ring (bicyclic) bond motifs is 1. The largest absolute Gasteiger partial charge is 0.497 e. The first-order valence-corrected chi connectivity index (χ1v) is 10.1. The lowest BCUT2D eigenvalue weighted by Crippen LogP contribution is -2.37. The van der Waals surface area contributed by atoms with Crippen LogP contribution in [0.1, 0.15) is 37.7 Å². The quantitative estimate of drug-likeness (QED) is 0.640. The van der Waals surface area contributed by atoms with Crippen molar-refractivity contribution in [3.63, 3.8) is 0 Å². The molecule has 0 unspecified atom stereocenters. The van der Waals surface area contributed by atoms with Crippen LogP contribution < -0.4 is 10.1 Å². The first-order chi connectivity index (χ1) is 15.0. The third-order valence-corrected chi connectivity index (χ3v) is 5.39. The van der Waals surface area contributed by atoms with Gasteiger partial charge < -0.3 is 15.0 Å². The molecule has 0 aliphatic carbocycles. The van der Waals surface area contributed by atoms with Crippen LogP contribution in [0.25, 0.3) is 0 Å². The fourth-order valence-electron chi connectivity index (χ4n) is 3.63. The number of rotatable bonds is 6. The summed E-state index contributed by atoms with van der Waals surface area (Å²) in [6.07, 6.45) is 1.26. The fraction of sp³-hybridized carbons (Fsp3) is 0.261. The van der Waals surface area contributed by atoms with Crippen molar-refractivity contribution in [3.8, 4) is 5.75 Å². The molecule has 2 N–H and O–H groups in total. The predicted octanol–water partition coefficient (Wildman–Crippen LogP) is 2.73.